The first-order chi connectivity index (χ1) is 10.2. The lowest BCUT2D eigenvalue weighted by molar-refractivity contribution is 0.635. The van der Waals surface area contributed by atoms with E-state index in [9.17, 15) is 0 Å². The van der Waals surface area contributed by atoms with Crippen LogP contribution in [0.5, 0.6) is 0 Å². The van der Waals surface area contributed by atoms with Gasteiger partial charge in [-0.05, 0) is 41.5 Å². The summed E-state index contributed by atoms with van der Waals surface area (Å²) in [5, 5.41) is 1.10. The first kappa shape index (κ1) is 14.7. The molecule has 0 fully saturated rings. The van der Waals surface area contributed by atoms with Gasteiger partial charge in [0.15, 0.2) is 0 Å². The van der Waals surface area contributed by atoms with E-state index < -0.39 is 0 Å². The molecular weight excluding hydrogens is 394 g/mol. The van der Waals surface area contributed by atoms with Crippen LogP contribution in [0.25, 0.3) is 10.9 Å². The van der Waals surface area contributed by atoms with Crippen LogP contribution in [0.3, 0.4) is 0 Å². The third-order valence-electron chi connectivity index (χ3n) is 3.40. The van der Waals surface area contributed by atoms with Crippen molar-refractivity contribution in [1.82, 2.24) is 10.4 Å². The van der Waals surface area contributed by atoms with Crippen LogP contribution in [-0.2, 0) is 0 Å². The van der Waals surface area contributed by atoms with E-state index in [1.807, 2.05) is 36.4 Å². The average Bonchev–Trinajstić information content (AvgIpc) is 2.50. The van der Waals surface area contributed by atoms with E-state index in [1.54, 1.807) is 6.20 Å². The van der Waals surface area contributed by atoms with E-state index in [4.69, 9.17) is 5.84 Å². The molecule has 106 valence electrons. The summed E-state index contributed by atoms with van der Waals surface area (Å²) in [5.74, 6) is 5.79. The fourth-order valence-corrected chi connectivity index (χ4v) is 3.65. The molecule has 3 nitrogen and oxygen atoms in total. The fraction of sp³-hybridized carbons (Fsp3) is 0.0625. The maximum atomic E-state index is 5.79. The molecule has 0 saturated carbocycles. The Morgan fingerprint density at radius 1 is 1.05 bits per heavy atom. The van der Waals surface area contributed by atoms with Crippen molar-refractivity contribution >= 4 is 42.8 Å². The lowest BCUT2D eigenvalue weighted by Crippen LogP contribution is -2.29. The number of nitrogens with two attached hydrogens (primary N) is 1. The Balaban J connectivity index is 2.09. The fourth-order valence-electron chi connectivity index (χ4n) is 2.37. The molecule has 3 rings (SSSR count). The lowest BCUT2D eigenvalue weighted by Gasteiger charge is -2.19. The van der Waals surface area contributed by atoms with Gasteiger partial charge in [-0.1, -0.05) is 50.1 Å². The van der Waals surface area contributed by atoms with Gasteiger partial charge in [0.25, 0.3) is 0 Å². The maximum Gasteiger partial charge on any atom is 0.0721 e. The summed E-state index contributed by atoms with van der Waals surface area (Å²) in [6.45, 7) is 0. The van der Waals surface area contributed by atoms with Crippen molar-refractivity contribution in [3.05, 3.63) is 74.8 Å². The number of nitrogens with one attached hydrogen (secondary N) is 1. The molecular formula is C16H13Br2N3. The molecule has 21 heavy (non-hydrogen) atoms. The second kappa shape index (κ2) is 6.23. The summed E-state index contributed by atoms with van der Waals surface area (Å²) in [4.78, 5) is 4.34. The predicted octanol–water partition coefficient (Wildman–Crippen LogP) is 4.31. The Morgan fingerprint density at radius 3 is 2.67 bits per heavy atom. The highest BCUT2D eigenvalue weighted by Gasteiger charge is 2.16. The van der Waals surface area contributed by atoms with Crippen LogP contribution in [0.4, 0.5) is 0 Å². The summed E-state index contributed by atoms with van der Waals surface area (Å²) in [6.07, 6.45) is 1.80. The van der Waals surface area contributed by atoms with Crippen LogP contribution in [-0.4, -0.2) is 4.98 Å². The number of hydrogen-bond donors (Lipinski definition) is 2. The number of aromatic nitrogens is 1. The molecule has 0 radical (unpaired) electrons. The van der Waals surface area contributed by atoms with Gasteiger partial charge < -0.3 is 0 Å². The van der Waals surface area contributed by atoms with Crippen LogP contribution < -0.4 is 11.3 Å². The third-order valence-corrected chi connectivity index (χ3v) is 4.58. The molecule has 5 heteroatoms. The minimum atomic E-state index is -0.0860. The van der Waals surface area contributed by atoms with Crippen molar-refractivity contribution in [2.45, 2.75) is 6.04 Å². The van der Waals surface area contributed by atoms with Gasteiger partial charge in [-0.25, -0.2) is 5.43 Å². The number of halogens is 2. The summed E-state index contributed by atoms with van der Waals surface area (Å²) >= 11 is 7.06. The zero-order valence-electron chi connectivity index (χ0n) is 11.1. The van der Waals surface area contributed by atoms with Crippen LogP contribution in [0.2, 0.25) is 0 Å². The van der Waals surface area contributed by atoms with Gasteiger partial charge in [0, 0.05) is 20.5 Å². The van der Waals surface area contributed by atoms with E-state index in [0.29, 0.717) is 0 Å². The number of rotatable bonds is 3. The van der Waals surface area contributed by atoms with Gasteiger partial charge in [-0.3, -0.25) is 10.8 Å². The Bertz CT molecular complexity index is 789. The Hall–Kier alpha value is -1.27. The first-order valence-electron chi connectivity index (χ1n) is 6.45. The SMILES string of the molecule is NNC(c1ccc2ncccc2c1)c1ccc(Br)cc1Br. The van der Waals surface area contributed by atoms with E-state index in [-0.39, 0.29) is 6.04 Å². The number of hydrogen-bond acceptors (Lipinski definition) is 3. The first-order valence-corrected chi connectivity index (χ1v) is 8.03. The van der Waals surface area contributed by atoms with Gasteiger partial charge >= 0.3 is 0 Å². The van der Waals surface area contributed by atoms with Gasteiger partial charge in [0.1, 0.15) is 0 Å². The van der Waals surface area contributed by atoms with Crippen LogP contribution >= 0.6 is 31.9 Å². The molecule has 0 bridgehead atoms. The molecule has 0 aliphatic rings. The number of benzene rings is 2. The highest BCUT2D eigenvalue weighted by atomic mass is 79.9. The maximum absolute atomic E-state index is 5.79. The van der Waals surface area contributed by atoms with Gasteiger partial charge in [-0.15, -0.1) is 0 Å². The summed E-state index contributed by atoms with van der Waals surface area (Å²) in [5.41, 5.74) is 6.06. The Kier molecular flexibility index (Phi) is 4.35. The van der Waals surface area contributed by atoms with Crippen molar-refractivity contribution in [3.8, 4) is 0 Å². The second-order valence-electron chi connectivity index (χ2n) is 4.72. The lowest BCUT2D eigenvalue weighted by atomic mass is 9.98. The van der Waals surface area contributed by atoms with E-state index in [0.717, 1.165) is 31.0 Å². The largest absolute Gasteiger partial charge is 0.271 e. The molecule has 0 saturated heterocycles. The molecule has 0 aliphatic carbocycles. The minimum absolute atomic E-state index is 0.0860. The average molecular weight is 407 g/mol. The summed E-state index contributed by atoms with van der Waals surface area (Å²) in [7, 11) is 0. The molecule has 0 amide bonds. The second-order valence-corrected chi connectivity index (χ2v) is 6.49. The summed E-state index contributed by atoms with van der Waals surface area (Å²) in [6, 6.07) is 16.2. The van der Waals surface area contributed by atoms with Crippen LogP contribution in [0, 0.1) is 0 Å². The normalized spacial score (nSPS) is 12.5. The monoisotopic (exact) mass is 405 g/mol. The molecule has 0 spiro atoms. The number of fused-ring (bicyclic) bond motifs is 1. The quantitative estimate of drug-likeness (QED) is 0.503. The molecule has 3 aromatic rings. The van der Waals surface area contributed by atoms with Gasteiger partial charge in [0.2, 0.25) is 0 Å². The number of pyridine rings is 1. The molecule has 1 unspecified atom stereocenters. The minimum Gasteiger partial charge on any atom is -0.271 e. The zero-order chi connectivity index (χ0) is 14.8. The molecule has 1 atom stereocenters. The molecule has 2 aromatic carbocycles. The smallest absolute Gasteiger partial charge is 0.0721 e. The Labute approximate surface area is 139 Å². The van der Waals surface area contributed by atoms with Gasteiger partial charge in [-0.2, -0.15) is 0 Å². The molecule has 3 N–H and O–H groups in total. The number of hydrazine groups is 1. The third kappa shape index (κ3) is 3.01. The van der Waals surface area contributed by atoms with Crippen molar-refractivity contribution in [1.29, 1.82) is 0 Å². The molecule has 1 heterocycles. The zero-order valence-corrected chi connectivity index (χ0v) is 14.2. The molecule has 1 aromatic heterocycles. The molecule has 0 aliphatic heterocycles. The predicted molar refractivity (Wildman–Crippen MR) is 92.8 cm³/mol. The van der Waals surface area contributed by atoms with E-state index in [2.05, 4.69) is 54.4 Å². The topological polar surface area (TPSA) is 50.9 Å². The highest BCUT2D eigenvalue weighted by molar-refractivity contribution is 9.11. The number of nitrogens with zero attached hydrogens (tertiary/aromatic N) is 1. The van der Waals surface area contributed by atoms with Crippen molar-refractivity contribution in [2.24, 2.45) is 5.84 Å². The van der Waals surface area contributed by atoms with Crippen molar-refractivity contribution in [3.63, 3.8) is 0 Å². The van der Waals surface area contributed by atoms with Crippen LogP contribution in [0.1, 0.15) is 17.2 Å². The van der Waals surface area contributed by atoms with E-state index in [1.165, 1.54) is 0 Å². The highest BCUT2D eigenvalue weighted by Crippen LogP contribution is 2.31. The van der Waals surface area contributed by atoms with Crippen LogP contribution in [0.15, 0.2) is 63.7 Å². The Morgan fingerprint density at radius 2 is 1.90 bits per heavy atom. The summed E-state index contributed by atoms with van der Waals surface area (Å²) < 4.78 is 2.03. The van der Waals surface area contributed by atoms with E-state index >= 15 is 0 Å². The van der Waals surface area contributed by atoms with Crippen molar-refractivity contribution < 1.29 is 0 Å². The van der Waals surface area contributed by atoms with Gasteiger partial charge in [0.05, 0.1) is 11.6 Å². The van der Waals surface area contributed by atoms with Crippen molar-refractivity contribution in [2.75, 3.05) is 0 Å². The standard InChI is InChI=1S/C16H13Br2N3/c17-12-4-5-13(14(18)9-12)16(21-19)11-3-6-15-10(8-11)2-1-7-20-15/h1-9,16,21H,19H2.